The average Bonchev–Trinajstić information content (AvgIpc) is 2.19. The molecule has 2 N–H and O–H groups in total. The zero-order chi connectivity index (χ0) is 10.4. The Morgan fingerprint density at radius 3 is 2.79 bits per heavy atom. The topological polar surface area (TPSA) is 29.3 Å². The van der Waals surface area contributed by atoms with Gasteiger partial charge in [0, 0.05) is 23.6 Å². The Bertz CT molecular complexity index is 152. The Morgan fingerprint density at radius 2 is 2.07 bits per heavy atom. The Balaban J connectivity index is 2.15. The van der Waals surface area contributed by atoms with Crippen molar-refractivity contribution in [3.05, 3.63) is 0 Å². The predicted molar refractivity (Wildman–Crippen MR) is 65.9 cm³/mol. The van der Waals surface area contributed by atoms with Crippen LogP contribution in [0.1, 0.15) is 33.1 Å². The molecular formula is C11H24N2S. The highest BCUT2D eigenvalue weighted by Gasteiger charge is 2.24. The van der Waals surface area contributed by atoms with Crippen molar-refractivity contribution in [1.29, 1.82) is 0 Å². The number of nitrogens with zero attached hydrogens (tertiary/aromatic N) is 1. The Labute approximate surface area is 92.6 Å². The maximum absolute atomic E-state index is 5.48. The van der Waals surface area contributed by atoms with Crippen molar-refractivity contribution in [1.82, 2.24) is 4.90 Å². The largest absolute Gasteiger partial charge is 0.330 e. The second-order valence-corrected chi connectivity index (χ2v) is 5.69. The van der Waals surface area contributed by atoms with Crippen LogP contribution in [0.3, 0.4) is 0 Å². The molecule has 0 spiro atoms. The van der Waals surface area contributed by atoms with Crippen LogP contribution in [0.5, 0.6) is 0 Å². The van der Waals surface area contributed by atoms with Gasteiger partial charge in [-0.3, -0.25) is 4.90 Å². The molecule has 0 aromatic rings. The predicted octanol–water partition coefficient (Wildman–Crippen LogP) is 1.94. The van der Waals surface area contributed by atoms with E-state index in [0.717, 1.165) is 17.8 Å². The van der Waals surface area contributed by atoms with E-state index in [2.05, 4.69) is 30.5 Å². The van der Waals surface area contributed by atoms with Crippen LogP contribution < -0.4 is 5.73 Å². The van der Waals surface area contributed by atoms with Gasteiger partial charge in [-0.05, 0) is 32.9 Å². The fourth-order valence-electron chi connectivity index (χ4n) is 1.95. The van der Waals surface area contributed by atoms with E-state index in [4.69, 9.17) is 5.73 Å². The van der Waals surface area contributed by atoms with Crippen LogP contribution >= 0.6 is 11.8 Å². The van der Waals surface area contributed by atoms with Crippen molar-refractivity contribution in [2.45, 2.75) is 44.4 Å². The van der Waals surface area contributed by atoms with Crippen LogP contribution in [-0.2, 0) is 0 Å². The first-order chi connectivity index (χ1) is 6.75. The highest BCUT2D eigenvalue weighted by Crippen LogP contribution is 2.24. The molecule has 14 heavy (non-hydrogen) atoms. The molecule has 0 radical (unpaired) electrons. The van der Waals surface area contributed by atoms with E-state index in [0.29, 0.717) is 0 Å². The molecule has 1 aliphatic heterocycles. The van der Waals surface area contributed by atoms with E-state index in [1.54, 1.807) is 0 Å². The number of unbranched alkanes of at least 4 members (excludes halogenated alkanes) is 2. The third-order valence-electron chi connectivity index (χ3n) is 3.16. The fraction of sp³-hybridized carbons (Fsp3) is 1.00. The molecule has 0 amide bonds. The van der Waals surface area contributed by atoms with Crippen LogP contribution in [0.15, 0.2) is 0 Å². The summed E-state index contributed by atoms with van der Waals surface area (Å²) < 4.78 is 0. The molecule has 84 valence electrons. The Morgan fingerprint density at radius 1 is 1.29 bits per heavy atom. The lowest BCUT2D eigenvalue weighted by Gasteiger charge is -2.37. The maximum Gasteiger partial charge on any atom is 0.0184 e. The molecule has 0 aliphatic carbocycles. The lowest BCUT2D eigenvalue weighted by Crippen LogP contribution is -2.44. The van der Waals surface area contributed by atoms with Crippen molar-refractivity contribution in [2.75, 3.05) is 25.4 Å². The standard InChI is InChI=1S/C11H24N2S/c1-10-11(2)14-9-8-13(10)7-5-3-4-6-12/h10-11H,3-9,12H2,1-2H3. The van der Waals surface area contributed by atoms with Gasteiger partial charge in [0.2, 0.25) is 0 Å². The number of nitrogens with two attached hydrogens (primary N) is 1. The number of hydrogen-bond donors (Lipinski definition) is 1. The Hall–Kier alpha value is 0.270. The minimum Gasteiger partial charge on any atom is -0.330 e. The molecule has 2 nitrogen and oxygen atoms in total. The van der Waals surface area contributed by atoms with Crippen LogP contribution in [0.4, 0.5) is 0 Å². The van der Waals surface area contributed by atoms with E-state index >= 15 is 0 Å². The molecule has 1 aliphatic rings. The van der Waals surface area contributed by atoms with Gasteiger partial charge in [0.25, 0.3) is 0 Å². The molecule has 1 rings (SSSR count). The first kappa shape index (κ1) is 12.3. The van der Waals surface area contributed by atoms with Crippen molar-refractivity contribution >= 4 is 11.8 Å². The molecule has 0 bridgehead atoms. The van der Waals surface area contributed by atoms with Gasteiger partial charge >= 0.3 is 0 Å². The van der Waals surface area contributed by atoms with Crippen LogP contribution in [0.2, 0.25) is 0 Å². The van der Waals surface area contributed by atoms with Gasteiger partial charge in [0.1, 0.15) is 0 Å². The van der Waals surface area contributed by atoms with Gasteiger partial charge in [-0.2, -0.15) is 11.8 Å². The molecule has 0 aromatic carbocycles. The van der Waals surface area contributed by atoms with Gasteiger partial charge in [0.05, 0.1) is 0 Å². The van der Waals surface area contributed by atoms with Gasteiger partial charge in [-0.15, -0.1) is 0 Å². The molecule has 2 atom stereocenters. The summed E-state index contributed by atoms with van der Waals surface area (Å²) in [5, 5.41) is 0.804. The molecule has 3 heteroatoms. The van der Waals surface area contributed by atoms with Crippen LogP contribution in [-0.4, -0.2) is 41.6 Å². The van der Waals surface area contributed by atoms with Gasteiger partial charge in [0.15, 0.2) is 0 Å². The lowest BCUT2D eigenvalue weighted by atomic mass is 10.1. The van der Waals surface area contributed by atoms with E-state index < -0.39 is 0 Å². The average molecular weight is 216 g/mol. The molecule has 1 saturated heterocycles. The third kappa shape index (κ3) is 3.79. The summed E-state index contributed by atoms with van der Waals surface area (Å²) in [6, 6.07) is 0.756. The molecular weight excluding hydrogens is 192 g/mol. The van der Waals surface area contributed by atoms with Crippen molar-refractivity contribution in [3.63, 3.8) is 0 Å². The van der Waals surface area contributed by atoms with E-state index in [9.17, 15) is 0 Å². The summed E-state index contributed by atoms with van der Waals surface area (Å²) in [7, 11) is 0. The second-order valence-electron chi connectivity index (χ2n) is 4.20. The van der Waals surface area contributed by atoms with Gasteiger partial charge < -0.3 is 5.73 Å². The highest BCUT2D eigenvalue weighted by molar-refractivity contribution is 8.00. The van der Waals surface area contributed by atoms with Crippen LogP contribution in [0, 0.1) is 0 Å². The van der Waals surface area contributed by atoms with E-state index in [1.807, 2.05) is 0 Å². The summed E-state index contributed by atoms with van der Waals surface area (Å²) in [5.41, 5.74) is 5.48. The number of hydrogen-bond acceptors (Lipinski definition) is 3. The van der Waals surface area contributed by atoms with Gasteiger partial charge in [-0.25, -0.2) is 0 Å². The normalized spacial score (nSPS) is 29.4. The van der Waals surface area contributed by atoms with Gasteiger partial charge in [-0.1, -0.05) is 13.3 Å². The summed E-state index contributed by atoms with van der Waals surface area (Å²) in [6.07, 6.45) is 3.80. The SMILES string of the molecule is CC1SCCN(CCCCCN)C1C. The van der Waals surface area contributed by atoms with Crippen molar-refractivity contribution < 1.29 is 0 Å². The molecule has 2 unspecified atom stereocenters. The monoisotopic (exact) mass is 216 g/mol. The summed E-state index contributed by atoms with van der Waals surface area (Å²) in [5.74, 6) is 1.31. The minimum atomic E-state index is 0.756. The quantitative estimate of drug-likeness (QED) is 0.712. The first-order valence-corrected chi connectivity index (χ1v) is 6.86. The zero-order valence-electron chi connectivity index (χ0n) is 9.54. The number of rotatable bonds is 5. The van der Waals surface area contributed by atoms with E-state index in [-0.39, 0.29) is 0 Å². The lowest BCUT2D eigenvalue weighted by molar-refractivity contribution is 0.209. The summed E-state index contributed by atoms with van der Waals surface area (Å²) in [4.78, 5) is 2.64. The fourth-order valence-corrected chi connectivity index (χ4v) is 3.11. The second kappa shape index (κ2) is 6.70. The number of thioether (sulfide) groups is 1. The van der Waals surface area contributed by atoms with Crippen LogP contribution in [0.25, 0.3) is 0 Å². The zero-order valence-corrected chi connectivity index (χ0v) is 10.4. The third-order valence-corrected chi connectivity index (χ3v) is 4.50. The first-order valence-electron chi connectivity index (χ1n) is 5.81. The summed E-state index contributed by atoms with van der Waals surface area (Å²) in [6.45, 7) is 8.10. The highest BCUT2D eigenvalue weighted by atomic mass is 32.2. The molecule has 0 saturated carbocycles. The maximum atomic E-state index is 5.48. The molecule has 1 fully saturated rings. The van der Waals surface area contributed by atoms with Crippen molar-refractivity contribution in [2.24, 2.45) is 5.73 Å². The molecule has 1 heterocycles. The van der Waals surface area contributed by atoms with E-state index in [1.165, 1.54) is 38.1 Å². The molecule has 0 aromatic heterocycles. The van der Waals surface area contributed by atoms with Crippen molar-refractivity contribution in [3.8, 4) is 0 Å². The Kier molecular flexibility index (Phi) is 5.90. The smallest absolute Gasteiger partial charge is 0.0184 e. The minimum absolute atomic E-state index is 0.756. The summed E-state index contributed by atoms with van der Waals surface area (Å²) >= 11 is 2.11.